The van der Waals surface area contributed by atoms with Gasteiger partial charge in [-0.1, -0.05) is 18.2 Å². The highest BCUT2D eigenvalue weighted by Gasteiger charge is 2.42. The van der Waals surface area contributed by atoms with Gasteiger partial charge in [-0.15, -0.1) is 0 Å². The normalized spacial score (nSPS) is 21.1. The second-order valence-corrected chi connectivity index (χ2v) is 6.79. The number of aliphatic hydroxyl groups excluding tert-OH is 1. The van der Waals surface area contributed by atoms with Crippen molar-refractivity contribution in [3.8, 4) is 11.8 Å². The zero-order valence-corrected chi connectivity index (χ0v) is 14.3. The molecule has 2 atom stereocenters. The van der Waals surface area contributed by atoms with E-state index in [-0.39, 0.29) is 11.9 Å². The molecule has 0 aromatic heterocycles. The first-order chi connectivity index (χ1) is 11.9. The summed E-state index contributed by atoms with van der Waals surface area (Å²) in [6, 6.07) is 13.6. The van der Waals surface area contributed by atoms with Crippen molar-refractivity contribution in [3.63, 3.8) is 0 Å². The highest BCUT2D eigenvalue weighted by Crippen LogP contribution is 2.40. The number of ether oxygens (including phenoxy) is 1. The molecular formula is C20H21FN2O2. The van der Waals surface area contributed by atoms with E-state index in [1.165, 1.54) is 6.07 Å². The molecule has 2 aromatic rings. The molecule has 1 unspecified atom stereocenters. The molecule has 3 rings (SSSR count). The Morgan fingerprint density at radius 3 is 2.76 bits per heavy atom. The summed E-state index contributed by atoms with van der Waals surface area (Å²) >= 11 is 0. The molecule has 0 radical (unpaired) electrons. The fraction of sp³-hybridized carbons (Fsp3) is 0.350. The van der Waals surface area contributed by atoms with E-state index in [0.717, 1.165) is 5.56 Å². The number of hydrogen-bond donors (Lipinski definition) is 2. The first kappa shape index (κ1) is 17.4. The predicted molar refractivity (Wildman–Crippen MR) is 92.7 cm³/mol. The summed E-state index contributed by atoms with van der Waals surface area (Å²) in [6.45, 7) is 4.14. The highest BCUT2D eigenvalue weighted by molar-refractivity contribution is 5.46. The van der Waals surface area contributed by atoms with E-state index in [1.54, 1.807) is 36.4 Å². The zero-order chi connectivity index (χ0) is 18.0. The number of hydrogen-bond acceptors (Lipinski definition) is 4. The van der Waals surface area contributed by atoms with E-state index in [2.05, 4.69) is 11.4 Å². The van der Waals surface area contributed by atoms with Gasteiger partial charge >= 0.3 is 0 Å². The standard InChI is InChI=1S/C20H21FN2O2/c1-20(2)19(24)18(15-11-13(12-22)7-8-17(15)25-20)23-10-9-14-5-3-4-6-16(14)21/h3-8,11,18-19,23-24H,9-10H2,1-2H3/t18-,19?/m0/s1. The highest BCUT2D eigenvalue weighted by atomic mass is 19.1. The van der Waals surface area contributed by atoms with Gasteiger partial charge in [0.05, 0.1) is 17.7 Å². The van der Waals surface area contributed by atoms with Gasteiger partial charge in [-0.25, -0.2) is 4.39 Å². The van der Waals surface area contributed by atoms with Crippen LogP contribution in [0.4, 0.5) is 4.39 Å². The van der Waals surface area contributed by atoms with Crippen LogP contribution in [0.2, 0.25) is 0 Å². The molecule has 1 aliphatic rings. The predicted octanol–water partition coefficient (Wildman–Crippen LogP) is 3.10. The molecule has 25 heavy (non-hydrogen) atoms. The quantitative estimate of drug-likeness (QED) is 0.898. The Kier molecular flexibility index (Phi) is 4.76. The van der Waals surface area contributed by atoms with Gasteiger partial charge in [0.25, 0.3) is 0 Å². The summed E-state index contributed by atoms with van der Waals surface area (Å²) in [5.41, 5.74) is 1.12. The summed E-state index contributed by atoms with van der Waals surface area (Å²) in [5.74, 6) is 0.419. The summed E-state index contributed by atoms with van der Waals surface area (Å²) in [6.07, 6.45) is -0.292. The van der Waals surface area contributed by atoms with Crippen molar-refractivity contribution in [2.45, 2.75) is 38.0 Å². The molecule has 1 heterocycles. The number of nitriles is 1. The van der Waals surface area contributed by atoms with Crippen molar-refractivity contribution in [3.05, 3.63) is 65.0 Å². The summed E-state index contributed by atoms with van der Waals surface area (Å²) in [4.78, 5) is 0. The van der Waals surface area contributed by atoms with Gasteiger partial charge in [0.15, 0.2) is 0 Å². The van der Waals surface area contributed by atoms with Gasteiger partial charge in [0.2, 0.25) is 0 Å². The minimum atomic E-state index is -0.797. The zero-order valence-electron chi connectivity index (χ0n) is 14.3. The van der Waals surface area contributed by atoms with Crippen LogP contribution in [0.15, 0.2) is 42.5 Å². The fourth-order valence-electron chi connectivity index (χ4n) is 3.15. The van der Waals surface area contributed by atoms with Gasteiger partial charge in [0.1, 0.15) is 23.3 Å². The van der Waals surface area contributed by atoms with Crippen LogP contribution in [0, 0.1) is 17.1 Å². The van der Waals surface area contributed by atoms with Crippen molar-refractivity contribution < 1.29 is 14.2 Å². The molecule has 5 heteroatoms. The van der Waals surface area contributed by atoms with Crippen molar-refractivity contribution in [1.29, 1.82) is 5.26 Å². The maximum Gasteiger partial charge on any atom is 0.131 e. The maximum absolute atomic E-state index is 13.8. The van der Waals surface area contributed by atoms with Crippen LogP contribution in [0.5, 0.6) is 5.75 Å². The second-order valence-electron chi connectivity index (χ2n) is 6.79. The number of benzene rings is 2. The Labute approximate surface area is 146 Å². The lowest BCUT2D eigenvalue weighted by Crippen LogP contribution is -2.52. The lowest BCUT2D eigenvalue weighted by atomic mass is 9.86. The van der Waals surface area contributed by atoms with E-state index >= 15 is 0 Å². The van der Waals surface area contributed by atoms with E-state index in [4.69, 9.17) is 10.00 Å². The topological polar surface area (TPSA) is 65.3 Å². The molecule has 1 aliphatic heterocycles. The van der Waals surface area contributed by atoms with Crippen LogP contribution >= 0.6 is 0 Å². The van der Waals surface area contributed by atoms with Gasteiger partial charge in [-0.05, 0) is 56.6 Å². The summed E-state index contributed by atoms with van der Waals surface area (Å²) < 4.78 is 19.6. The SMILES string of the molecule is CC1(C)Oc2ccc(C#N)cc2[C@H](NCCc2ccccc2F)C1O. The molecule has 0 fully saturated rings. The molecule has 0 saturated carbocycles. The van der Waals surface area contributed by atoms with Crippen LogP contribution in [-0.2, 0) is 6.42 Å². The third-order valence-corrected chi connectivity index (χ3v) is 4.59. The van der Waals surface area contributed by atoms with Crippen LogP contribution in [0.1, 0.15) is 36.6 Å². The molecule has 4 nitrogen and oxygen atoms in total. The molecule has 0 aliphatic carbocycles. The first-order valence-corrected chi connectivity index (χ1v) is 8.30. The monoisotopic (exact) mass is 340 g/mol. The van der Waals surface area contributed by atoms with Gasteiger partial charge in [-0.2, -0.15) is 5.26 Å². The second kappa shape index (κ2) is 6.83. The summed E-state index contributed by atoms with van der Waals surface area (Å²) in [7, 11) is 0. The lowest BCUT2D eigenvalue weighted by molar-refractivity contribution is -0.0644. The molecule has 130 valence electrons. The third kappa shape index (κ3) is 3.51. The summed E-state index contributed by atoms with van der Waals surface area (Å²) in [5, 5.41) is 23.2. The average molecular weight is 340 g/mol. The Morgan fingerprint density at radius 2 is 2.04 bits per heavy atom. The number of rotatable bonds is 4. The third-order valence-electron chi connectivity index (χ3n) is 4.59. The Bertz CT molecular complexity index is 814. The van der Waals surface area contributed by atoms with Crippen molar-refractivity contribution >= 4 is 0 Å². The van der Waals surface area contributed by atoms with Gasteiger partial charge < -0.3 is 15.2 Å². The van der Waals surface area contributed by atoms with Crippen LogP contribution < -0.4 is 10.1 Å². The Balaban J connectivity index is 1.82. The van der Waals surface area contributed by atoms with E-state index < -0.39 is 11.7 Å². The van der Waals surface area contributed by atoms with Crippen molar-refractivity contribution in [1.82, 2.24) is 5.32 Å². The van der Waals surface area contributed by atoms with Gasteiger partial charge in [0, 0.05) is 5.56 Å². The smallest absolute Gasteiger partial charge is 0.131 e. The number of nitrogens with one attached hydrogen (secondary N) is 1. The molecular weight excluding hydrogens is 319 g/mol. The number of halogens is 1. The minimum absolute atomic E-state index is 0.232. The lowest BCUT2D eigenvalue weighted by Gasteiger charge is -2.42. The Morgan fingerprint density at radius 1 is 1.28 bits per heavy atom. The van der Waals surface area contributed by atoms with E-state index in [1.807, 2.05) is 13.8 Å². The van der Waals surface area contributed by atoms with Crippen LogP contribution in [-0.4, -0.2) is 23.4 Å². The van der Waals surface area contributed by atoms with E-state index in [0.29, 0.717) is 29.8 Å². The van der Waals surface area contributed by atoms with Crippen molar-refractivity contribution in [2.24, 2.45) is 0 Å². The average Bonchev–Trinajstić information content (AvgIpc) is 2.59. The molecule has 2 aromatic carbocycles. The molecule has 0 saturated heterocycles. The molecule has 2 N–H and O–H groups in total. The Hall–Kier alpha value is -2.42. The molecule has 0 spiro atoms. The van der Waals surface area contributed by atoms with Crippen LogP contribution in [0.25, 0.3) is 0 Å². The van der Waals surface area contributed by atoms with Crippen LogP contribution in [0.3, 0.4) is 0 Å². The number of nitrogens with zero attached hydrogens (tertiary/aromatic N) is 1. The largest absolute Gasteiger partial charge is 0.485 e. The van der Waals surface area contributed by atoms with Gasteiger partial charge in [-0.3, -0.25) is 0 Å². The molecule has 0 amide bonds. The van der Waals surface area contributed by atoms with E-state index in [9.17, 15) is 9.50 Å². The number of fused-ring (bicyclic) bond motifs is 1. The first-order valence-electron chi connectivity index (χ1n) is 8.30. The molecule has 0 bridgehead atoms. The van der Waals surface area contributed by atoms with Crippen molar-refractivity contribution in [2.75, 3.05) is 6.54 Å². The fourth-order valence-corrected chi connectivity index (χ4v) is 3.15. The number of aliphatic hydroxyl groups is 1. The minimum Gasteiger partial charge on any atom is -0.485 e. The maximum atomic E-state index is 13.8.